The molecule has 0 atom stereocenters. The van der Waals surface area contributed by atoms with E-state index in [-0.39, 0.29) is 50.8 Å². The molecule has 0 saturated carbocycles. The number of carbonyl (C=O) groups is 3. The third-order valence-corrected chi connectivity index (χ3v) is 11.4. The molecule has 0 aromatic heterocycles. The van der Waals surface area contributed by atoms with Crippen molar-refractivity contribution in [2.24, 2.45) is 0 Å². The number of rotatable bonds is 25. The Balaban J connectivity index is 0.756. The van der Waals surface area contributed by atoms with E-state index in [1.54, 1.807) is 11.8 Å². The van der Waals surface area contributed by atoms with Gasteiger partial charge in [0.05, 0.1) is 44.4 Å². The van der Waals surface area contributed by atoms with Crippen LogP contribution in [0.15, 0.2) is 140 Å². The highest BCUT2D eigenvalue weighted by Crippen LogP contribution is 2.48. The Labute approximate surface area is 350 Å². The van der Waals surface area contributed by atoms with E-state index in [1.807, 2.05) is 42.5 Å². The number of carbonyl (C=O) groups excluding carboxylic acids is 3. The van der Waals surface area contributed by atoms with Crippen LogP contribution in [0.3, 0.4) is 0 Å². The van der Waals surface area contributed by atoms with Gasteiger partial charge in [-0.2, -0.15) is 0 Å². The molecule has 59 heavy (non-hydrogen) atoms. The summed E-state index contributed by atoms with van der Waals surface area (Å²) in [5, 5.41) is 5.69. The number of hydrogen-bond acceptors (Lipinski definition) is 9. The Morgan fingerprint density at radius 1 is 0.508 bits per heavy atom. The van der Waals surface area contributed by atoms with Crippen LogP contribution in [-0.4, -0.2) is 96.1 Å². The number of ether oxygens (including phenoxy) is 5. The number of nitrogens with one attached hydrogen (secondary N) is 2. The van der Waals surface area contributed by atoms with Gasteiger partial charge in [0.1, 0.15) is 19.8 Å². The normalized spacial score (nSPS) is 12.1. The standard InChI is InChI=1S/C48H52N2O8S/c51-45(24-33-59-48(37-14-4-1-5-15-37,38-16-6-2-7-17-38)39-18-8-3-9-19-39)49-25-27-54-29-30-55-28-26-50-46(52)35-56-31-32-57-36-47(53)58-34-44-42-22-12-10-20-40(42)41-21-11-13-23-43(41)44/h1-23,44H,24-36H2,(H,49,51)(H,50,52). The SMILES string of the molecule is O=C(CCSC(c1ccccc1)(c1ccccc1)c1ccccc1)NCCOCCOCCNC(=O)COCCOCC(=O)OCC1c2ccccc2-c2ccccc21. The number of esters is 1. The molecule has 0 saturated heterocycles. The second-order valence-corrected chi connectivity index (χ2v) is 15.1. The van der Waals surface area contributed by atoms with Crippen LogP contribution in [0.25, 0.3) is 11.1 Å². The van der Waals surface area contributed by atoms with Gasteiger partial charge >= 0.3 is 5.97 Å². The predicted octanol–water partition coefficient (Wildman–Crippen LogP) is 6.76. The lowest BCUT2D eigenvalue weighted by Crippen LogP contribution is -2.31. The van der Waals surface area contributed by atoms with Crippen molar-refractivity contribution >= 4 is 29.5 Å². The molecule has 5 aromatic rings. The molecule has 0 unspecified atom stereocenters. The van der Waals surface area contributed by atoms with Gasteiger partial charge < -0.3 is 34.3 Å². The van der Waals surface area contributed by atoms with E-state index in [2.05, 4.69) is 108 Å². The number of fused-ring (bicyclic) bond motifs is 3. The zero-order valence-corrected chi connectivity index (χ0v) is 34.0. The van der Waals surface area contributed by atoms with Gasteiger partial charge in [-0.3, -0.25) is 9.59 Å². The molecule has 2 N–H and O–H groups in total. The first-order valence-corrected chi connectivity index (χ1v) is 21.0. The van der Waals surface area contributed by atoms with Crippen molar-refractivity contribution in [3.8, 4) is 11.1 Å². The van der Waals surface area contributed by atoms with Crippen molar-refractivity contribution in [1.29, 1.82) is 0 Å². The minimum absolute atomic E-state index is 0.00598. The smallest absolute Gasteiger partial charge is 0.332 e. The van der Waals surface area contributed by atoms with Gasteiger partial charge in [0, 0.05) is 31.2 Å². The molecular weight excluding hydrogens is 765 g/mol. The average molecular weight is 817 g/mol. The summed E-state index contributed by atoms with van der Waals surface area (Å²) in [6, 6.07) is 47.7. The van der Waals surface area contributed by atoms with Crippen molar-refractivity contribution in [2.75, 3.05) is 78.3 Å². The fraction of sp³-hybridized carbons (Fsp3) is 0.312. The summed E-state index contributed by atoms with van der Waals surface area (Å²) in [4.78, 5) is 37.2. The molecular formula is C48H52N2O8S. The summed E-state index contributed by atoms with van der Waals surface area (Å²) in [6.07, 6.45) is 0.371. The third-order valence-electron chi connectivity index (χ3n) is 9.90. The molecule has 0 aliphatic heterocycles. The molecule has 0 spiro atoms. The highest BCUT2D eigenvalue weighted by atomic mass is 32.2. The van der Waals surface area contributed by atoms with Gasteiger partial charge in [-0.15, -0.1) is 11.8 Å². The zero-order chi connectivity index (χ0) is 41.0. The summed E-state index contributed by atoms with van der Waals surface area (Å²) in [7, 11) is 0. The minimum Gasteiger partial charge on any atom is -0.463 e. The molecule has 308 valence electrons. The molecule has 0 bridgehead atoms. The number of benzene rings is 5. The second-order valence-electron chi connectivity index (χ2n) is 13.8. The van der Waals surface area contributed by atoms with E-state index in [0.29, 0.717) is 51.7 Å². The molecule has 5 aromatic carbocycles. The van der Waals surface area contributed by atoms with Crippen LogP contribution in [0.5, 0.6) is 0 Å². The highest BCUT2D eigenvalue weighted by molar-refractivity contribution is 8.00. The molecule has 2 amide bonds. The summed E-state index contributed by atoms with van der Waals surface area (Å²) in [5.74, 6) is -0.129. The fourth-order valence-corrected chi connectivity index (χ4v) is 8.65. The number of thioether (sulfide) groups is 1. The Hall–Kier alpha value is -5.30. The molecule has 10 nitrogen and oxygen atoms in total. The average Bonchev–Trinajstić information content (AvgIpc) is 3.60. The van der Waals surface area contributed by atoms with Gasteiger partial charge in [-0.25, -0.2) is 4.79 Å². The molecule has 0 heterocycles. The maximum Gasteiger partial charge on any atom is 0.332 e. The van der Waals surface area contributed by atoms with Crippen molar-refractivity contribution in [1.82, 2.24) is 10.6 Å². The van der Waals surface area contributed by atoms with Gasteiger partial charge in [0.25, 0.3) is 0 Å². The van der Waals surface area contributed by atoms with E-state index in [0.717, 1.165) is 11.1 Å². The Morgan fingerprint density at radius 2 is 0.949 bits per heavy atom. The Bertz CT molecular complexity index is 1910. The van der Waals surface area contributed by atoms with E-state index >= 15 is 0 Å². The number of hydrogen-bond donors (Lipinski definition) is 2. The molecule has 1 aliphatic carbocycles. The van der Waals surface area contributed by atoms with Crippen LogP contribution in [0.4, 0.5) is 0 Å². The molecule has 6 rings (SSSR count). The van der Waals surface area contributed by atoms with Crippen molar-refractivity contribution in [3.63, 3.8) is 0 Å². The summed E-state index contributed by atoms with van der Waals surface area (Å²) in [6.45, 7) is 2.39. The topological polar surface area (TPSA) is 121 Å². The summed E-state index contributed by atoms with van der Waals surface area (Å²) < 4.78 is 27.0. The van der Waals surface area contributed by atoms with Gasteiger partial charge in [0.2, 0.25) is 11.8 Å². The summed E-state index contributed by atoms with van der Waals surface area (Å²) >= 11 is 1.76. The molecule has 0 radical (unpaired) electrons. The van der Waals surface area contributed by atoms with E-state index in [9.17, 15) is 14.4 Å². The van der Waals surface area contributed by atoms with Crippen LogP contribution in [0.1, 0.15) is 40.2 Å². The van der Waals surface area contributed by atoms with Crippen LogP contribution in [-0.2, 0) is 42.8 Å². The van der Waals surface area contributed by atoms with Crippen molar-refractivity contribution < 1.29 is 38.1 Å². The Kier molecular flexibility index (Phi) is 17.1. The lowest BCUT2D eigenvalue weighted by molar-refractivity contribution is -0.150. The van der Waals surface area contributed by atoms with Crippen LogP contribution in [0.2, 0.25) is 0 Å². The van der Waals surface area contributed by atoms with Gasteiger partial charge in [0.15, 0.2) is 0 Å². The van der Waals surface area contributed by atoms with Crippen molar-refractivity contribution in [3.05, 3.63) is 167 Å². The lowest BCUT2D eigenvalue weighted by Gasteiger charge is -2.35. The van der Waals surface area contributed by atoms with Gasteiger partial charge in [-0.05, 0) is 38.9 Å². The lowest BCUT2D eigenvalue weighted by atomic mass is 9.84. The minimum atomic E-state index is -0.460. The Morgan fingerprint density at radius 3 is 1.47 bits per heavy atom. The molecule has 0 fully saturated rings. The largest absolute Gasteiger partial charge is 0.463 e. The first-order chi connectivity index (χ1) is 29.1. The monoisotopic (exact) mass is 816 g/mol. The maximum absolute atomic E-state index is 12.8. The highest BCUT2D eigenvalue weighted by Gasteiger charge is 2.37. The predicted molar refractivity (Wildman–Crippen MR) is 230 cm³/mol. The first-order valence-electron chi connectivity index (χ1n) is 20.0. The third kappa shape index (κ3) is 12.4. The molecule has 1 aliphatic rings. The maximum atomic E-state index is 12.8. The zero-order valence-electron chi connectivity index (χ0n) is 33.2. The fourth-order valence-electron chi connectivity index (χ4n) is 7.15. The van der Waals surface area contributed by atoms with E-state index in [1.165, 1.54) is 27.8 Å². The van der Waals surface area contributed by atoms with Crippen LogP contribution >= 0.6 is 11.8 Å². The second kappa shape index (κ2) is 23.3. The van der Waals surface area contributed by atoms with E-state index < -0.39 is 10.7 Å². The van der Waals surface area contributed by atoms with E-state index in [4.69, 9.17) is 23.7 Å². The summed E-state index contributed by atoms with van der Waals surface area (Å²) in [5.41, 5.74) is 8.15. The van der Waals surface area contributed by atoms with Crippen LogP contribution in [0, 0.1) is 0 Å². The van der Waals surface area contributed by atoms with Crippen LogP contribution < -0.4 is 10.6 Å². The van der Waals surface area contributed by atoms with Crippen molar-refractivity contribution in [2.45, 2.75) is 17.1 Å². The number of amides is 2. The van der Waals surface area contributed by atoms with Gasteiger partial charge in [-0.1, -0.05) is 140 Å². The quantitative estimate of drug-likeness (QED) is 0.0374. The molecule has 11 heteroatoms. The first kappa shape index (κ1) is 43.3.